The average molecular weight is 318 g/mol. The molecule has 0 spiro atoms. The van der Waals surface area contributed by atoms with Gasteiger partial charge >= 0.3 is 0 Å². The van der Waals surface area contributed by atoms with Gasteiger partial charge in [-0.2, -0.15) is 10.5 Å². The van der Waals surface area contributed by atoms with Gasteiger partial charge in [0.05, 0.1) is 16.9 Å². The highest BCUT2D eigenvalue weighted by Crippen LogP contribution is 2.24. The predicted molar refractivity (Wildman–Crippen MR) is 89.9 cm³/mol. The first-order valence-corrected chi connectivity index (χ1v) is 7.02. The van der Waals surface area contributed by atoms with Crippen LogP contribution in [0.25, 0.3) is 0 Å². The molecule has 24 heavy (non-hydrogen) atoms. The molecule has 0 aliphatic rings. The van der Waals surface area contributed by atoms with E-state index in [9.17, 15) is 9.90 Å². The summed E-state index contributed by atoms with van der Waals surface area (Å²) in [5.41, 5.74) is 1.73. The molecule has 1 amide bonds. The number of carbonyl (C=O) groups excluding carboxylic acids is 1. The number of nitrogens with zero attached hydrogens (tertiary/aromatic N) is 2. The van der Waals surface area contributed by atoms with Crippen LogP contribution in [-0.2, 0) is 4.79 Å². The van der Waals surface area contributed by atoms with Crippen LogP contribution in [0.15, 0.2) is 54.2 Å². The van der Waals surface area contributed by atoms with Gasteiger partial charge in [-0.25, -0.2) is 0 Å². The van der Waals surface area contributed by atoms with E-state index in [-0.39, 0.29) is 11.3 Å². The van der Waals surface area contributed by atoms with Gasteiger partial charge in [-0.3, -0.25) is 4.79 Å². The summed E-state index contributed by atoms with van der Waals surface area (Å²) in [4.78, 5) is 12.2. The van der Waals surface area contributed by atoms with Crippen LogP contribution in [0.4, 0.5) is 11.4 Å². The maximum Gasteiger partial charge on any atom is 0.267 e. The molecule has 0 atom stereocenters. The first-order valence-electron chi connectivity index (χ1n) is 7.02. The maximum absolute atomic E-state index is 12.2. The SMILES string of the molecule is Cc1ccc(O)c(N/C=C(/C#N)C(=O)Nc2ccccc2C#N)c1. The molecular formula is C18H14N4O2. The van der Waals surface area contributed by atoms with Crippen LogP contribution in [0.3, 0.4) is 0 Å². The Morgan fingerprint density at radius 2 is 1.92 bits per heavy atom. The number of amides is 1. The van der Waals surface area contributed by atoms with Gasteiger partial charge in [0.25, 0.3) is 5.91 Å². The number of nitrogens with one attached hydrogen (secondary N) is 2. The van der Waals surface area contributed by atoms with Gasteiger partial charge in [0.15, 0.2) is 0 Å². The number of benzene rings is 2. The Balaban J connectivity index is 2.19. The first-order chi connectivity index (χ1) is 11.5. The van der Waals surface area contributed by atoms with Gasteiger partial charge in [-0.05, 0) is 36.8 Å². The Labute approximate surface area is 139 Å². The van der Waals surface area contributed by atoms with Crippen LogP contribution >= 0.6 is 0 Å². The number of hydrogen-bond donors (Lipinski definition) is 3. The molecule has 0 aliphatic carbocycles. The minimum Gasteiger partial charge on any atom is -0.506 e. The molecule has 0 aliphatic heterocycles. The van der Waals surface area contributed by atoms with Crippen molar-refractivity contribution in [2.75, 3.05) is 10.6 Å². The van der Waals surface area contributed by atoms with Crippen molar-refractivity contribution in [3.05, 3.63) is 65.4 Å². The fraction of sp³-hybridized carbons (Fsp3) is 0.0556. The van der Waals surface area contributed by atoms with Crippen LogP contribution in [0, 0.1) is 29.6 Å². The number of rotatable bonds is 4. The van der Waals surface area contributed by atoms with Gasteiger partial charge in [0.1, 0.15) is 23.5 Å². The van der Waals surface area contributed by atoms with Crippen molar-refractivity contribution >= 4 is 17.3 Å². The normalized spacial score (nSPS) is 10.4. The lowest BCUT2D eigenvalue weighted by molar-refractivity contribution is -0.112. The second-order valence-corrected chi connectivity index (χ2v) is 4.95. The zero-order valence-electron chi connectivity index (χ0n) is 12.9. The number of hydrogen-bond acceptors (Lipinski definition) is 5. The lowest BCUT2D eigenvalue weighted by Crippen LogP contribution is -2.15. The van der Waals surface area contributed by atoms with E-state index in [2.05, 4.69) is 10.6 Å². The summed E-state index contributed by atoms with van der Waals surface area (Å²) in [6.45, 7) is 1.85. The summed E-state index contributed by atoms with van der Waals surface area (Å²) in [5, 5.41) is 33.2. The Bertz CT molecular complexity index is 889. The molecule has 6 nitrogen and oxygen atoms in total. The third-order valence-corrected chi connectivity index (χ3v) is 3.18. The van der Waals surface area contributed by atoms with Crippen molar-refractivity contribution in [2.24, 2.45) is 0 Å². The predicted octanol–water partition coefficient (Wildman–Crippen LogP) is 3.03. The molecule has 0 saturated carbocycles. The van der Waals surface area contributed by atoms with Crippen LogP contribution in [-0.4, -0.2) is 11.0 Å². The number of phenolic OH excluding ortho intramolecular Hbond substituents is 1. The molecule has 0 saturated heterocycles. The van der Waals surface area contributed by atoms with Gasteiger partial charge < -0.3 is 15.7 Å². The zero-order valence-corrected chi connectivity index (χ0v) is 12.9. The van der Waals surface area contributed by atoms with Crippen molar-refractivity contribution in [3.63, 3.8) is 0 Å². The summed E-state index contributed by atoms with van der Waals surface area (Å²) in [6.07, 6.45) is 1.21. The molecule has 2 aromatic rings. The topological polar surface area (TPSA) is 109 Å². The minimum atomic E-state index is -0.653. The second-order valence-electron chi connectivity index (χ2n) is 4.95. The smallest absolute Gasteiger partial charge is 0.267 e. The first kappa shape index (κ1) is 16.6. The fourth-order valence-electron chi connectivity index (χ4n) is 1.94. The molecule has 0 fully saturated rings. The number of aromatic hydroxyl groups is 1. The summed E-state index contributed by atoms with van der Waals surface area (Å²) in [7, 11) is 0. The van der Waals surface area contributed by atoms with Crippen molar-refractivity contribution in [3.8, 4) is 17.9 Å². The monoisotopic (exact) mass is 318 g/mol. The fourth-order valence-corrected chi connectivity index (χ4v) is 1.94. The number of para-hydroxylation sites is 1. The molecule has 0 bridgehead atoms. The number of carbonyl (C=O) groups is 1. The summed E-state index contributed by atoms with van der Waals surface area (Å²) in [6, 6.07) is 15.2. The highest BCUT2D eigenvalue weighted by atomic mass is 16.3. The van der Waals surface area contributed by atoms with E-state index in [0.29, 0.717) is 16.9 Å². The van der Waals surface area contributed by atoms with E-state index >= 15 is 0 Å². The summed E-state index contributed by atoms with van der Waals surface area (Å²) < 4.78 is 0. The zero-order chi connectivity index (χ0) is 17.5. The van der Waals surface area contributed by atoms with E-state index in [4.69, 9.17) is 10.5 Å². The van der Waals surface area contributed by atoms with E-state index in [1.54, 1.807) is 42.5 Å². The van der Waals surface area contributed by atoms with Gasteiger partial charge in [0.2, 0.25) is 0 Å². The van der Waals surface area contributed by atoms with Crippen LogP contribution in [0.5, 0.6) is 5.75 Å². The Morgan fingerprint density at radius 3 is 2.62 bits per heavy atom. The van der Waals surface area contributed by atoms with Crippen LogP contribution < -0.4 is 10.6 Å². The van der Waals surface area contributed by atoms with Gasteiger partial charge in [0, 0.05) is 6.20 Å². The molecule has 2 aromatic carbocycles. The molecule has 118 valence electrons. The molecule has 3 N–H and O–H groups in total. The highest BCUT2D eigenvalue weighted by Gasteiger charge is 2.12. The molecule has 2 rings (SSSR count). The van der Waals surface area contributed by atoms with Crippen LogP contribution in [0.1, 0.15) is 11.1 Å². The number of nitriles is 2. The molecular weight excluding hydrogens is 304 g/mol. The Hall–Kier alpha value is -3.77. The second kappa shape index (κ2) is 7.48. The molecule has 0 heterocycles. The largest absolute Gasteiger partial charge is 0.506 e. The standard InChI is InChI=1S/C18H14N4O2/c1-12-6-7-17(23)16(8-12)21-11-14(10-20)18(24)22-15-5-3-2-4-13(15)9-19/h2-8,11,21,23H,1H3,(H,22,24)/b14-11-. The molecule has 0 unspecified atom stereocenters. The lowest BCUT2D eigenvalue weighted by atomic mass is 10.2. The van der Waals surface area contributed by atoms with Crippen molar-refractivity contribution < 1.29 is 9.90 Å². The quantitative estimate of drug-likeness (QED) is 0.456. The van der Waals surface area contributed by atoms with E-state index in [1.807, 2.05) is 13.0 Å². The number of phenols is 1. The summed E-state index contributed by atoms with van der Waals surface area (Å²) in [5.74, 6) is -0.649. The van der Waals surface area contributed by atoms with Gasteiger partial charge in [-0.15, -0.1) is 0 Å². The third-order valence-electron chi connectivity index (χ3n) is 3.18. The van der Waals surface area contributed by atoms with Crippen LogP contribution in [0.2, 0.25) is 0 Å². The van der Waals surface area contributed by atoms with E-state index in [0.717, 1.165) is 5.56 Å². The van der Waals surface area contributed by atoms with Crippen molar-refractivity contribution in [1.29, 1.82) is 10.5 Å². The molecule has 0 aromatic heterocycles. The Morgan fingerprint density at radius 1 is 1.17 bits per heavy atom. The molecule has 0 radical (unpaired) electrons. The average Bonchev–Trinajstić information content (AvgIpc) is 2.58. The van der Waals surface area contributed by atoms with E-state index in [1.165, 1.54) is 12.3 Å². The van der Waals surface area contributed by atoms with Gasteiger partial charge in [-0.1, -0.05) is 18.2 Å². The summed E-state index contributed by atoms with van der Waals surface area (Å²) >= 11 is 0. The van der Waals surface area contributed by atoms with E-state index < -0.39 is 5.91 Å². The molecule has 6 heteroatoms. The Kier molecular flexibility index (Phi) is 5.17. The van der Waals surface area contributed by atoms with Crippen molar-refractivity contribution in [1.82, 2.24) is 0 Å². The minimum absolute atomic E-state index is 0.00405. The highest BCUT2D eigenvalue weighted by molar-refractivity contribution is 6.07. The lowest BCUT2D eigenvalue weighted by Gasteiger charge is -2.08. The maximum atomic E-state index is 12.2. The van der Waals surface area contributed by atoms with Crippen molar-refractivity contribution in [2.45, 2.75) is 6.92 Å². The number of anilines is 2. The third kappa shape index (κ3) is 3.90. The number of aryl methyl sites for hydroxylation is 1.